The van der Waals surface area contributed by atoms with Crippen LogP contribution < -0.4 is 5.73 Å². The lowest BCUT2D eigenvalue weighted by Gasteiger charge is -2.35. The molecule has 1 aliphatic rings. The molecule has 2 N–H and O–H groups in total. The van der Waals surface area contributed by atoms with Crippen molar-refractivity contribution in [2.45, 2.75) is 46.1 Å². The molecular weight excluding hydrogens is 134 g/mol. The number of nitrogens with two attached hydrogens (primary N) is 1. The van der Waals surface area contributed by atoms with Gasteiger partial charge in [0.15, 0.2) is 0 Å². The molecule has 0 heterocycles. The molecule has 64 valence electrons. The Balaban J connectivity index is 2.97. The molecule has 0 amide bonds. The van der Waals surface area contributed by atoms with Crippen molar-refractivity contribution in [3.8, 4) is 0 Å². The van der Waals surface area contributed by atoms with Gasteiger partial charge in [-0.15, -0.1) is 0 Å². The van der Waals surface area contributed by atoms with Crippen molar-refractivity contribution in [3.63, 3.8) is 0 Å². The van der Waals surface area contributed by atoms with Crippen molar-refractivity contribution in [3.05, 3.63) is 11.1 Å². The lowest BCUT2D eigenvalue weighted by atomic mass is 9.75. The zero-order chi connectivity index (χ0) is 8.65. The fraction of sp³-hybridized carbons (Fsp3) is 0.800. The third kappa shape index (κ3) is 1.48. The average Bonchev–Trinajstić information content (AvgIpc) is 1.95. The fourth-order valence-corrected chi connectivity index (χ4v) is 1.74. The van der Waals surface area contributed by atoms with Crippen LogP contribution in [-0.4, -0.2) is 5.54 Å². The van der Waals surface area contributed by atoms with E-state index < -0.39 is 0 Å². The van der Waals surface area contributed by atoms with Crippen LogP contribution in [0.4, 0.5) is 0 Å². The molecule has 2 unspecified atom stereocenters. The van der Waals surface area contributed by atoms with Crippen LogP contribution in [0.5, 0.6) is 0 Å². The monoisotopic (exact) mass is 153 g/mol. The molecule has 0 saturated heterocycles. The minimum absolute atomic E-state index is 0.0312. The standard InChI is InChI=1S/C10H19N/c1-7-5-6-10(4,11)9(3)8(7)2/h7H,5-6,11H2,1-4H3. The van der Waals surface area contributed by atoms with Crippen LogP contribution in [0.25, 0.3) is 0 Å². The molecule has 0 fully saturated rings. The maximum Gasteiger partial charge on any atom is 0.0340 e. The number of hydrogen-bond donors (Lipinski definition) is 1. The van der Waals surface area contributed by atoms with Gasteiger partial charge in [0.25, 0.3) is 0 Å². The Morgan fingerprint density at radius 3 is 2.45 bits per heavy atom. The molecule has 0 aromatic heterocycles. The highest BCUT2D eigenvalue weighted by Gasteiger charge is 2.28. The summed E-state index contributed by atoms with van der Waals surface area (Å²) in [5.41, 5.74) is 8.99. The van der Waals surface area contributed by atoms with Crippen molar-refractivity contribution in [1.29, 1.82) is 0 Å². The lowest BCUT2D eigenvalue weighted by Crippen LogP contribution is -2.41. The highest BCUT2D eigenvalue weighted by atomic mass is 14.7. The van der Waals surface area contributed by atoms with Gasteiger partial charge in [0.2, 0.25) is 0 Å². The van der Waals surface area contributed by atoms with Crippen LogP contribution in [0.2, 0.25) is 0 Å². The Morgan fingerprint density at radius 2 is 2.00 bits per heavy atom. The van der Waals surface area contributed by atoms with E-state index in [1.54, 1.807) is 0 Å². The Labute approximate surface area is 69.7 Å². The summed E-state index contributed by atoms with van der Waals surface area (Å²) >= 11 is 0. The number of allylic oxidation sites excluding steroid dienone is 1. The van der Waals surface area contributed by atoms with Crippen LogP contribution in [0, 0.1) is 5.92 Å². The molecule has 1 rings (SSSR count). The summed E-state index contributed by atoms with van der Waals surface area (Å²) in [5.74, 6) is 0.742. The highest BCUT2D eigenvalue weighted by molar-refractivity contribution is 5.26. The van der Waals surface area contributed by atoms with E-state index in [-0.39, 0.29) is 5.54 Å². The van der Waals surface area contributed by atoms with Crippen LogP contribution in [0.15, 0.2) is 11.1 Å². The Kier molecular flexibility index (Phi) is 2.10. The average molecular weight is 153 g/mol. The van der Waals surface area contributed by atoms with Crippen molar-refractivity contribution in [1.82, 2.24) is 0 Å². The fourth-order valence-electron chi connectivity index (χ4n) is 1.74. The summed E-state index contributed by atoms with van der Waals surface area (Å²) in [6.45, 7) is 8.81. The molecular formula is C10H19N. The molecule has 1 aliphatic carbocycles. The third-order valence-electron chi connectivity index (χ3n) is 3.28. The molecule has 0 aliphatic heterocycles. The topological polar surface area (TPSA) is 26.0 Å². The molecule has 0 bridgehead atoms. The Bertz CT molecular complexity index is 189. The predicted octanol–water partition coefficient (Wildman–Crippen LogP) is 2.47. The quantitative estimate of drug-likeness (QED) is 0.531. The molecule has 0 radical (unpaired) electrons. The highest BCUT2D eigenvalue weighted by Crippen LogP contribution is 2.34. The molecule has 0 aromatic carbocycles. The van der Waals surface area contributed by atoms with Crippen molar-refractivity contribution in [2.24, 2.45) is 11.7 Å². The zero-order valence-corrected chi connectivity index (χ0v) is 8.07. The minimum Gasteiger partial charge on any atom is -0.322 e. The molecule has 1 nitrogen and oxygen atoms in total. The molecule has 1 heteroatoms. The first kappa shape index (κ1) is 8.79. The first-order valence-corrected chi connectivity index (χ1v) is 4.42. The molecule has 11 heavy (non-hydrogen) atoms. The second-order valence-electron chi connectivity index (χ2n) is 4.17. The van der Waals surface area contributed by atoms with Gasteiger partial charge >= 0.3 is 0 Å². The van der Waals surface area contributed by atoms with Gasteiger partial charge in [-0.2, -0.15) is 0 Å². The van der Waals surface area contributed by atoms with E-state index in [9.17, 15) is 0 Å². The predicted molar refractivity (Wildman–Crippen MR) is 49.4 cm³/mol. The maximum atomic E-state index is 6.12. The van der Waals surface area contributed by atoms with E-state index >= 15 is 0 Å². The lowest BCUT2D eigenvalue weighted by molar-refractivity contribution is 0.400. The Morgan fingerprint density at radius 1 is 1.45 bits per heavy atom. The maximum absolute atomic E-state index is 6.12. The van der Waals surface area contributed by atoms with Gasteiger partial charge in [-0.3, -0.25) is 0 Å². The summed E-state index contributed by atoms with van der Waals surface area (Å²) in [4.78, 5) is 0. The summed E-state index contributed by atoms with van der Waals surface area (Å²) in [7, 11) is 0. The van der Waals surface area contributed by atoms with Crippen LogP contribution >= 0.6 is 0 Å². The second-order valence-corrected chi connectivity index (χ2v) is 4.17. The summed E-state index contributed by atoms with van der Waals surface area (Å²) < 4.78 is 0. The molecule has 0 aromatic rings. The molecule has 0 spiro atoms. The summed E-state index contributed by atoms with van der Waals surface area (Å²) in [5, 5.41) is 0. The largest absolute Gasteiger partial charge is 0.322 e. The van der Waals surface area contributed by atoms with Gasteiger partial charge in [-0.05, 0) is 39.5 Å². The van der Waals surface area contributed by atoms with E-state index in [1.165, 1.54) is 17.6 Å². The van der Waals surface area contributed by atoms with Crippen LogP contribution in [0.3, 0.4) is 0 Å². The van der Waals surface area contributed by atoms with Crippen molar-refractivity contribution >= 4 is 0 Å². The molecule has 2 atom stereocenters. The number of hydrogen-bond acceptors (Lipinski definition) is 1. The summed E-state index contributed by atoms with van der Waals surface area (Å²) in [6.07, 6.45) is 2.38. The van der Waals surface area contributed by atoms with E-state index in [1.807, 2.05) is 0 Å². The first-order chi connectivity index (χ1) is 4.95. The van der Waals surface area contributed by atoms with Crippen molar-refractivity contribution < 1.29 is 0 Å². The minimum atomic E-state index is -0.0312. The van der Waals surface area contributed by atoms with E-state index in [0.29, 0.717) is 0 Å². The van der Waals surface area contributed by atoms with Gasteiger partial charge < -0.3 is 5.73 Å². The third-order valence-corrected chi connectivity index (χ3v) is 3.28. The van der Waals surface area contributed by atoms with E-state index in [4.69, 9.17) is 5.73 Å². The van der Waals surface area contributed by atoms with Gasteiger partial charge in [-0.1, -0.05) is 18.1 Å². The van der Waals surface area contributed by atoms with Gasteiger partial charge in [0.1, 0.15) is 0 Å². The zero-order valence-electron chi connectivity index (χ0n) is 8.07. The molecule has 0 saturated carbocycles. The number of rotatable bonds is 0. The van der Waals surface area contributed by atoms with E-state index in [0.717, 1.165) is 12.3 Å². The SMILES string of the molecule is CC1=C(C)C(C)(N)CCC1C. The van der Waals surface area contributed by atoms with E-state index in [2.05, 4.69) is 27.7 Å². The first-order valence-electron chi connectivity index (χ1n) is 4.42. The summed E-state index contributed by atoms with van der Waals surface area (Å²) in [6, 6.07) is 0. The normalized spacial score (nSPS) is 39.5. The van der Waals surface area contributed by atoms with Gasteiger partial charge in [-0.25, -0.2) is 0 Å². The van der Waals surface area contributed by atoms with Crippen LogP contribution in [0.1, 0.15) is 40.5 Å². The van der Waals surface area contributed by atoms with Gasteiger partial charge in [0, 0.05) is 5.54 Å². The Hall–Kier alpha value is -0.300. The van der Waals surface area contributed by atoms with Crippen LogP contribution in [-0.2, 0) is 0 Å². The smallest absolute Gasteiger partial charge is 0.0340 e. The second kappa shape index (κ2) is 2.63. The van der Waals surface area contributed by atoms with Gasteiger partial charge in [0.05, 0.1) is 0 Å². The van der Waals surface area contributed by atoms with Crippen molar-refractivity contribution in [2.75, 3.05) is 0 Å².